The summed E-state index contributed by atoms with van der Waals surface area (Å²) in [6.45, 7) is 0. The Morgan fingerprint density at radius 2 is 1.67 bits per heavy atom. The smallest absolute Gasteiger partial charge is 0.156 e. The third kappa shape index (κ3) is 1.23. The molecule has 2 bridgehead atoms. The van der Waals surface area contributed by atoms with Crippen LogP contribution < -0.4 is 0 Å². The SMILES string of the molecule is O=S1(=O)C2CCC1CC(CBr)C2. The summed E-state index contributed by atoms with van der Waals surface area (Å²) in [5.41, 5.74) is 0. The lowest BCUT2D eigenvalue weighted by molar-refractivity contribution is 0.465. The zero-order chi connectivity index (χ0) is 8.77. The van der Waals surface area contributed by atoms with Crippen LogP contribution in [0.4, 0.5) is 0 Å². The molecule has 0 amide bonds. The minimum atomic E-state index is -2.69. The minimum absolute atomic E-state index is 0.00111. The molecule has 2 rings (SSSR count). The van der Waals surface area contributed by atoms with Gasteiger partial charge < -0.3 is 0 Å². The predicted octanol–water partition coefficient (Wildman–Crippen LogP) is 1.74. The molecular formula is C8H13BrO2S. The molecule has 2 atom stereocenters. The summed E-state index contributed by atoms with van der Waals surface area (Å²) in [6, 6.07) is 0. The second-order valence-corrected chi connectivity index (χ2v) is 7.06. The summed E-state index contributed by atoms with van der Waals surface area (Å²) in [5.74, 6) is 0.603. The van der Waals surface area contributed by atoms with Gasteiger partial charge in [-0.2, -0.15) is 0 Å². The van der Waals surface area contributed by atoms with Gasteiger partial charge in [0.15, 0.2) is 9.84 Å². The van der Waals surface area contributed by atoms with E-state index in [2.05, 4.69) is 15.9 Å². The Hall–Kier alpha value is 0.430. The van der Waals surface area contributed by atoms with Crippen molar-refractivity contribution in [1.82, 2.24) is 0 Å². The molecule has 2 fully saturated rings. The first kappa shape index (κ1) is 9.00. The maximum Gasteiger partial charge on any atom is 0.156 e. The van der Waals surface area contributed by atoms with Crippen molar-refractivity contribution in [2.45, 2.75) is 36.2 Å². The minimum Gasteiger partial charge on any atom is -0.228 e. The van der Waals surface area contributed by atoms with Crippen LogP contribution in [0.2, 0.25) is 0 Å². The fourth-order valence-corrected chi connectivity index (χ4v) is 5.53. The van der Waals surface area contributed by atoms with Crippen LogP contribution in [-0.2, 0) is 9.84 Å². The Kier molecular flexibility index (Phi) is 2.24. The Balaban J connectivity index is 2.23. The summed E-state index contributed by atoms with van der Waals surface area (Å²) in [6.07, 6.45) is 3.61. The van der Waals surface area contributed by atoms with Gasteiger partial charge in [0, 0.05) is 5.33 Å². The maximum absolute atomic E-state index is 11.6. The van der Waals surface area contributed by atoms with Gasteiger partial charge in [-0.25, -0.2) is 8.42 Å². The number of rotatable bonds is 1. The van der Waals surface area contributed by atoms with Gasteiger partial charge >= 0.3 is 0 Å². The van der Waals surface area contributed by atoms with E-state index in [-0.39, 0.29) is 10.5 Å². The van der Waals surface area contributed by atoms with Crippen LogP contribution in [0.3, 0.4) is 0 Å². The number of hydrogen-bond acceptors (Lipinski definition) is 2. The lowest BCUT2D eigenvalue weighted by Gasteiger charge is -2.26. The number of alkyl halides is 1. The van der Waals surface area contributed by atoms with Crippen LogP contribution in [-0.4, -0.2) is 24.2 Å². The molecule has 0 spiro atoms. The molecule has 0 aromatic rings. The zero-order valence-corrected chi connectivity index (χ0v) is 9.27. The molecule has 70 valence electrons. The molecule has 2 heterocycles. The lowest BCUT2D eigenvalue weighted by atomic mass is 10.0. The van der Waals surface area contributed by atoms with Gasteiger partial charge in [-0.1, -0.05) is 15.9 Å². The van der Waals surface area contributed by atoms with Crippen molar-refractivity contribution >= 4 is 25.8 Å². The molecule has 2 aliphatic heterocycles. The van der Waals surface area contributed by atoms with Gasteiger partial charge in [0.25, 0.3) is 0 Å². The molecule has 2 aliphatic rings. The van der Waals surface area contributed by atoms with Crippen molar-refractivity contribution in [2.75, 3.05) is 5.33 Å². The van der Waals surface area contributed by atoms with Crippen molar-refractivity contribution < 1.29 is 8.42 Å². The van der Waals surface area contributed by atoms with Crippen molar-refractivity contribution in [3.8, 4) is 0 Å². The van der Waals surface area contributed by atoms with Gasteiger partial charge in [-0.05, 0) is 31.6 Å². The average molecular weight is 253 g/mol. The van der Waals surface area contributed by atoms with E-state index in [9.17, 15) is 8.42 Å². The van der Waals surface area contributed by atoms with E-state index in [0.29, 0.717) is 5.92 Å². The highest BCUT2D eigenvalue weighted by Crippen LogP contribution is 2.41. The van der Waals surface area contributed by atoms with Gasteiger partial charge in [-0.3, -0.25) is 0 Å². The van der Waals surface area contributed by atoms with E-state index >= 15 is 0 Å². The second kappa shape index (κ2) is 2.98. The highest BCUT2D eigenvalue weighted by molar-refractivity contribution is 9.09. The third-order valence-corrected chi connectivity index (χ3v) is 6.78. The molecule has 12 heavy (non-hydrogen) atoms. The largest absolute Gasteiger partial charge is 0.228 e. The third-order valence-electron chi connectivity index (χ3n) is 3.15. The number of fused-ring (bicyclic) bond motifs is 2. The second-order valence-electron chi connectivity index (χ2n) is 3.90. The normalized spacial score (nSPS) is 44.6. The van der Waals surface area contributed by atoms with Gasteiger partial charge in [-0.15, -0.1) is 0 Å². The molecular weight excluding hydrogens is 240 g/mol. The van der Waals surface area contributed by atoms with Crippen LogP contribution in [0.25, 0.3) is 0 Å². The van der Waals surface area contributed by atoms with E-state index in [1.807, 2.05) is 0 Å². The fraction of sp³-hybridized carbons (Fsp3) is 1.00. The molecule has 0 aromatic carbocycles. The molecule has 2 nitrogen and oxygen atoms in total. The molecule has 2 unspecified atom stereocenters. The maximum atomic E-state index is 11.6. The highest BCUT2D eigenvalue weighted by Gasteiger charge is 2.46. The van der Waals surface area contributed by atoms with E-state index in [4.69, 9.17) is 0 Å². The topological polar surface area (TPSA) is 34.1 Å². The summed E-state index contributed by atoms with van der Waals surface area (Å²) in [5, 5.41) is 0.966. The number of hydrogen-bond donors (Lipinski definition) is 0. The average Bonchev–Trinajstić information content (AvgIpc) is 2.29. The Bertz CT molecular complexity index is 253. The molecule has 0 aromatic heterocycles. The van der Waals surface area contributed by atoms with Gasteiger partial charge in [0.1, 0.15) is 0 Å². The molecule has 0 aliphatic carbocycles. The van der Waals surface area contributed by atoms with E-state index in [1.54, 1.807) is 0 Å². The zero-order valence-electron chi connectivity index (χ0n) is 6.87. The van der Waals surface area contributed by atoms with Crippen molar-refractivity contribution in [3.05, 3.63) is 0 Å². The van der Waals surface area contributed by atoms with Crippen molar-refractivity contribution in [3.63, 3.8) is 0 Å². The molecule has 0 N–H and O–H groups in total. The summed E-state index contributed by atoms with van der Waals surface area (Å²) in [4.78, 5) is 0. The summed E-state index contributed by atoms with van der Waals surface area (Å²) < 4.78 is 23.2. The molecule has 0 radical (unpaired) electrons. The van der Waals surface area contributed by atoms with Gasteiger partial charge in [0.2, 0.25) is 0 Å². The molecule has 2 saturated heterocycles. The van der Waals surface area contributed by atoms with Crippen molar-refractivity contribution in [1.29, 1.82) is 0 Å². The van der Waals surface area contributed by atoms with Crippen molar-refractivity contribution in [2.24, 2.45) is 5.92 Å². The lowest BCUT2D eigenvalue weighted by Crippen LogP contribution is -2.33. The van der Waals surface area contributed by atoms with Crippen LogP contribution in [0.5, 0.6) is 0 Å². The molecule has 4 heteroatoms. The van der Waals surface area contributed by atoms with Crippen LogP contribution >= 0.6 is 15.9 Å². The first-order chi connectivity index (χ1) is 5.64. The van der Waals surface area contributed by atoms with Gasteiger partial charge in [0.05, 0.1) is 10.5 Å². The van der Waals surface area contributed by atoms with E-state index in [0.717, 1.165) is 31.0 Å². The quantitative estimate of drug-likeness (QED) is 0.667. The van der Waals surface area contributed by atoms with Crippen LogP contribution in [0.15, 0.2) is 0 Å². The Labute approximate surface area is 81.8 Å². The van der Waals surface area contributed by atoms with E-state index in [1.165, 1.54) is 0 Å². The predicted molar refractivity (Wildman–Crippen MR) is 52.2 cm³/mol. The summed E-state index contributed by atoms with van der Waals surface area (Å²) >= 11 is 3.44. The Morgan fingerprint density at radius 3 is 2.08 bits per heavy atom. The molecule has 0 saturated carbocycles. The van der Waals surface area contributed by atoms with Crippen LogP contribution in [0, 0.1) is 5.92 Å². The Morgan fingerprint density at radius 1 is 1.17 bits per heavy atom. The first-order valence-electron chi connectivity index (χ1n) is 4.43. The summed E-state index contributed by atoms with van der Waals surface area (Å²) in [7, 11) is -2.69. The monoisotopic (exact) mass is 252 g/mol. The van der Waals surface area contributed by atoms with Crippen LogP contribution in [0.1, 0.15) is 25.7 Å². The highest BCUT2D eigenvalue weighted by atomic mass is 79.9. The van der Waals surface area contributed by atoms with E-state index < -0.39 is 9.84 Å². The standard InChI is InChI=1S/C8H13BrO2S/c9-5-6-3-7-1-2-8(4-6)12(7,10)11/h6-8H,1-5H2. The number of sulfone groups is 1. The number of halogens is 1. The first-order valence-corrected chi connectivity index (χ1v) is 7.16. The fourth-order valence-electron chi connectivity index (χ4n) is 2.44.